The molecule has 0 radical (unpaired) electrons. The van der Waals surface area contributed by atoms with Gasteiger partial charge in [0.05, 0.1) is 99.3 Å². The third-order valence-corrected chi connectivity index (χ3v) is 30.6. The fourth-order valence-corrected chi connectivity index (χ4v) is 25.7. The lowest BCUT2D eigenvalue weighted by Gasteiger charge is -2.11. The molecule has 0 aliphatic carbocycles. The van der Waals surface area contributed by atoms with Crippen molar-refractivity contribution in [2.75, 3.05) is 0 Å². The van der Waals surface area contributed by atoms with Crippen LogP contribution in [-0.4, -0.2) is 36.2 Å². The fourth-order valence-electron chi connectivity index (χ4n) is 23.2. The monoisotopic (exact) mass is 1610 g/mol. The van der Waals surface area contributed by atoms with Gasteiger partial charge in [-0.05, 0) is 182 Å². The predicted molar refractivity (Wildman–Crippen MR) is 528 cm³/mol. The van der Waals surface area contributed by atoms with E-state index in [0.29, 0.717) is 0 Å². The van der Waals surface area contributed by atoms with Gasteiger partial charge in [0.15, 0.2) is 0 Å². The average Bonchev–Trinajstić information content (AvgIpc) is 1.50. The zero-order chi connectivity index (χ0) is 79.9. The summed E-state index contributed by atoms with van der Waals surface area (Å²) >= 11 is 3.86. The maximum Gasteiger partial charge on any atom is 0.0635 e. The van der Waals surface area contributed by atoms with E-state index in [1.54, 1.807) is 0 Å². The Morgan fingerprint density at radius 3 is 0.637 bits per heavy atom. The van der Waals surface area contributed by atoms with E-state index in [-0.39, 0.29) is 0 Å². The molecule has 31 rings (SSSR count). The smallest absolute Gasteiger partial charge is 0.0635 e. The van der Waals surface area contributed by atoms with Gasteiger partial charge in [0.25, 0.3) is 0 Å². The molecule has 12 heterocycles. The van der Waals surface area contributed by atoms with Crippen LogP contribution in [0.25, 0.3) is 281 Å². The van der Waals surface area contributed by atoms with Gasteiger partial charge >= 0.3 is 0 Å². The van der Waals surface area contributed by atoms with E-state index >= 15 is 0 Å². The van der Waals surface area contributed by atoms with E-state index in [0.717, 1.165) is 56.2 Å². The quantitative estimate of drug-likeness (QED) is 0.159. The van der Waals surface area contributed by atoms with Crippen molar-refractivity contribution in [2.45, 2.75) is 0 Å². The first-order valence-corrected chi connectivity index (χ1v) is 44.3. The van der Waals surface area contributed by atoms with Crippen LogP contribution in [0.4, 0.5) is 0 Å². The predicted octanol–water partition coefficient (Wildman–Crippen LogP) is 31.3. The molecule has 0 aliphatic rings. The number of para-hydroxylation sites is 8. The zero-order valence-corrected chi connectivity index (χ0v) is 67.8. The Morgan fingerprint density at radius 2 is 0.355 bits per heavy atom. The molecule has 0 bridgehead atoms. The van der Waals surface area contributed by atoms with E-state index in [1.807, 2.05) is 22.7 Å². The molecule has 12 aromatic heterocycles. The van der Waals surface area contributed by atoms with Gasteiger partial charge in [-0.15, -0.1) is 22.7 Å². The highest BCUT2D eigenvalue weighted by Crippen LogP contribution is 2.54. The van der Waals surface area contributed by atoms with Crippen LogP contribution < -0.4 is 0 Å². The zero-order valence-electron chi connectivity index (χ0n) is 66.2. The molecule has 570 valence electrons. The Bertz CT molecular complexity index is 9180. The summed E-state index contributed by atoms with van der Waals surface area (Å²) < 4.78 is 25.5. The molecule has 0 spiro atoms. The molecule has 0 saturated carbocycles. The molecule has 124 heavy (non-hydrogen) atoms. The van der Waals surface area contributed by atoms with Crippen molar-refractivity contribution < 1.29 is 0 Å². The molecule has 0 N–H and O–H groups in total. The molecule has 0 amide bonds. The topological polar surface area (TPSA) is 38.4 Å². The van der Waals surface area contributed by atoms with E-state index in [2.05, 4.69) is 412 Å². The number of hydrogen-bond donors (Lipinski definition) is 0. The van der Waals surface area contributed by atoms with Crippen LogP contribution in [0.3, 0.4) is 0 Å². The highest BCUT2D eigenvalue weighted by Gasteiger charge is 2.30. The number of thiophene rings is 2. The molecule has 0 unspecified atom stereocenters. The van der Waals surface area contributed by atoms with Gasteiger partial charge in [-0.2, -0.15) is 0 Å². The van der Waals surface area contributed by atoms with Gasteiger partial charge in [0, 0.05) is 182 Å². The molecule has 0 saturated heterocycles. The minimum Gasteiger partial charge on any atom is -0.309 e. The second-order valence-electron chi connectivity index (χ2n) is 34.2. The number of hydrogen-bond acceptors (Lipinski definition) is 2. The van der Waals surface area contributed by atoms with Gasteiger partial charge in [-0.25, -0.2) is 0 Å². The largest absolute Gasteiger partial charge is 0.309 e. The highest BCUT2D eigenvalue weighted by molar-refractivity contribution is 7.27. The molecule has 10 heteroatoms. The normalized spacial score (nSPS) is 12.8. The van der Waals surface area contributed by atoms with Crippen LogP contribution in [0.15, 0.2) is 376 Å². The molecule has 0 fully saturated rings. The summed E-state index contributed by atoms with van der Waals surface area (Å²) in [4.78, 5) is 0. The number of nitrogens with zero attached hydrogens (tertiary/aromatic N) is 8. The van der Waals surface area contributed by atoms with Crippen LogP contribution in [0.5, 0.6) is 0 Å². The lowest BCUT2D eigenvalue weighted by Crippen LogP contribution is -1.97. The van der Waals surface area contributed by atoms with Crippen molar-refractivity contribution in [1.82, 2.24) is 36.2 Å². The minimum absolute atomic E-state index is 1.11. The number of fused-ring (bicyclic) bond motifs is 38. The summed E-state index contributed by atoms with van der Waals surface area (Å²) in [6, 6.07) is 143. The van der Waals surface area contributed by atoms with E-state index in [1.165, 1.54) is 225 Å². The fraction of sp³-hybridized carbons (Fsp3) is 0. The Morgan fingerprint density at radius 1 is 0.137 bits per heavy atom. The lowest BCUT2D eigenvalue weighted by molar-refractivity contribution is 1.16. The summed E-state index contributed by atoms with van der Waals surface area (Å²) in [6.45, 7) is 0. The van der Waals surface area contributed by atoms with E-state index in [4.69, 9.17) is 0 Å². The second kappa shape index (κ2) is 23.1. The van der Waals surface area contributed by atoms with Crippen LogP contribution >= 0.6 is 22.7 Å². The molecule has 19 aromatic carbocycles. The van der Waals surface area contributed by atoms with Crippen LogP contribution in [0, 0.1) is 0 Å². The number of rotatable bonds is 6. The maximum atomic E-state index is 2.67. The Hall–Kier alpha value is -16.0. The molecular formula is C114H62N8S2. The Kier molecular flexibility index (Phi) is 12.1. The van der Waals surface area contributed by atoms with Gasteiger partial charge in [-0.1, -0.05) is 194 Å². The molecule has 0 atom stereocenters. The Labute approximate surface area is 711 Å². The van der Waals surface area contributed by atoms with Crippen LogP contribution in [0.1, 0.15) is 0 Å². The van der Waals surface area contributed by atoms with Crippen molar-refractivity contribution in [3.05, 3.63) is 376 Å². The average molecular weight is 1610 g/mol. The highest BCUT2D eigenvalue weighted by atomic mass is 32.1. The van der Waals surface area contributed by atoms with Crippen LogP contribution in [-0.2, 0) is 0 Å². The summed E-state index contributed by atoms with van der Waals surface area (Å²) in [5.74, 6) is 0. The second-order valence-corrected chi connectivity index (χ2v) is 36.3. The molecule has 0 aliphatic heterocycles. The first-order chi connectivity index (χ1) is 61.5. The molecular weight excluding hydrogens is 1550 g/mol. The first kappa shape index (κ1) is 64.9. The molecule has 8 nitrogen and oxygen atoms in total. The van der Waals surface area contributed by atoms with Gasteiger partial charge in [-0.3, -0.25) is 0 Å². The van der Waals surface area contributed by atoms with Crippen molar-refractivity contribution >= 4 is 270 Å². The Balaban J connectivity index is 0.669. The third-order valence-electron chi connectivity index (χ3n) is 28.2. The summed E-state index contributed by atoms with van der Waals surface area (Å²) in [6.07, 6.45) is 0. The van der Waals surface area contributed by atoms with Crippen molar-refractivity contribution in [3.63, 3.8) is 0 Å². The SMILES string of the molecule is c1ccc2c(c1)sc1c2cc2c3cc4c(cc3n3c5cc(-n6c7ccc(-n8c9ccccc9c9ccccc98)cc7c7cc(-n8c9ccccc9c9ccccc98)ccc76)ccc5c1c23)c1cc2c3ccccc3sc2c2c3ccc(-n5c6ccc(-n7c8ccccc8c8ccccc87)cc6c6cc(-n7c8ccccc8c8ccccc87)ccc65)cc3n4c12. The van der Waals surface area contributed by atoms with Crippen molar-refractivity contribution in [3.8, 4) is 34.1 Å². The maximum absolute atomic E-state index is 2.67. The number of benzene rings is 19. The number of aromatic nitrogens is 8. The lowest BCUT2D eigenvalue weighted by atomic mass is 10.0. The van der Waals surface area contributed by atoms with E-state index in [9.17, 15) is 0 Å². The van der Waals surface area contributed by atoms with Crippen molar-refractivity contribution in [1.29, 1.82) is 0 Å². The van der Waals surface area contributed by atoms with Crippen molar-refractivity contribution in [2.24, 2.45) is 0 Å². The standard InChI is InChI=1S/C114H62N8S2/c1-11-31-91-69(21-1)70-22-2-12-32-92(70)115(91)63-43-49-99-81(53-63)82-54-64(116-93-33-13-3-23-71(93)72-24-4-14-34-94(72)116)44-50-100(82)119(99)67-41-47-79-103(57-67)121-105-61-86-88-60-90-78-30-10-20-40-108(78)124-114(90)110-80-48-42-68(58-104(80)122(112(88)110)106(86)62-85(105)87-59-89-77-29-9-19-39-107(77)123-113(89)109(79)111(87)121)120-101-51-45-65(117-95-35-15-5-25-73(95)74-26-6-16-36-96(74)117)55-83(101)84-56-66(46-52-102(84)120)118-97-37-17-7-27-75(97)76-28-8-18-38-98(76)118/h1-62H. The van der Waals surface area contributed by atoms with E-state index < -0.39 is 0 Å². The third kappa shape index (κ3) is 8.10. The molecule has 31 aromatic rings. The van der Waals surface area contributed by atoms with Gasteiger partial charge in [0.2, 0.25) is 0 Å². The summed E-state index contributed by atoms with van der Waals surface area (Å²) in [5.41, 5.74) is 28.1. The summed E-state index contributed by atoms with van der Waals surface area (Å²) in [5, 5.41) is 30.0. The summed E-state index contributed by atoms with van der Waals surface area (Å²) in [7, 11) is 0. The van der Waals surface area contributed by atoms with Crippen LogP contribution in [0.2, 0.25) is 0 Å². The first-order valence-electron chi connectivity index (χ1n) is 42.7. The van der Waals surface area contributed by atoms with Gasteiger partial charge in [0.1, 0.15) is 0 Å². The minimum atomic E-state index is 1.11. The van der Waals surface area contributed by atoms with Gasteiger partial charge < -0.3 is 36.2 Å².